The lowest BCUT2D eigenvalue weighted by atomic mass is 9.76. The maximum Gasteiger partial charge on any atom is 0.306 e. The Morgan fingerprint density at radius 1 is 1.05 bits per heavy atom. The van der Waals surface area contributed by atoms with Crippen LogP contribution in [-0.4, -0.2) is 12.6 Å². The highest BCUT2D eigenvalue weighted by atomic mass is 16.5. The van der Waals surface area contributed by atoms with Crippen molar-refractivity contribution in [3.05, 3.63) is 23.3 Å². The average molecular weight is 304 g/mol. The van der Waals surface area contributed by atoms with Gasteiger partial charge in [0.05, 0.1) is 6.61 Å². The zero-order valence-corrected chi connectivity index (χ0v) is 15.2. The Hall–Kier alpha value is -1.05. The van der Waals surface area contributed by atoms with Gasteiger partial charge in [0, 0.05) is 6.42 Å². The number of allylic oxidation sites excluding steroid dienone is 4. The maximum absolute atomic E-state index is 12.1. The molecule has 0 aromatic heterocycles. The molecule has 0 spiro atoms. The van der Waals surface area contributed by atoms with Gasteiger partial charge in [-0.2, -0.15) is 0 Å². The van der Waals surface area contributed by atoms with E-state index in [-0.39, 0.29) is 16.8 Å². The van der Waals surface area contributed by atoms with E-state index in [1.165, 1.54) is 11.1 Å². The lowest BCUT2D eigenvalue weighted by Crippen LogP contribution is -2.25. The van der Waals surface area contributed by atoms with Crippen LogP contribution in [0.4, 0.5) is 0 Å². The summed E-state index contributed by atoms with van der Waals surface area (Å²) in [5, 5.41) is 0. The number of esters is 1. The Kier molecular flexibility index (Phi) is 4.89. The minimum Gasteiger partial charge on any atom is -0.466 e. The van der Waals surface area contributed by atoms with Crippen molar-refractivity contribution in [3.63, 3.8) is 0 Å². The monoisotopic (exact) mass is 304 g/mol. The fourth-order valence-electron chi connectivity index (χ4n) is 3.79. The summed E-state index contributed by atoms with van der Waals surface area (Å²) in [6, 6.07) is 0. The van der Waals surface area contributed by atoms with Gasteiger partial charge in [-0.05, 0) is 55.8 Å². The minimum absolute atomic E-state index is 0.0262. The van der Waals surface area contributed by atoms with E-state index in [1.807, 2.05) is 0 Å². The van der Waals surface area contributed by atoms with E-state index in [9.17, 15) is 4.79 Å². The first-order valence-corrected chi connectivity index (χ1v) is 8.65. The number of carbonyl (C=O) groups is 1. The standard InChI is InChI=1S/C20H32O2/c1-14-7-9-16(19(14,3)4)11-12-22-18(21)13-17-10-8-15(2)20(17,5)6/h7-8,16-17H,9-13H2,1-6H3. The van der Waals surface area contributed by atoms with Gasteiger partial charge in [-0.3, -0.25) is 4.79 Å². The van der Waals surface area contributed by atoms with E-state index in [4.69, 9.17) is 4.74 Å². The largest absolute Gasteiger partial charge is 0.466 e. The molecule has 0 amide bonds. The molecule has 2 aliphatic rings. The highest BCUT2D eigenvalue weighted by Gasteiger charge is 2.37. The van der Waals surface area contributed by atoms with Crippen LogP contribution in [0.3, 0.4) is 0 Å². The third-order valence-corrected chi connectivity index (χ3v) is 6.63. The summed E-state index contributed by atoms with van der Waals surface area (Å²) < 4.78 is 5.54. The molecular weight excluding hydrogens is 272 g/mol. The minimum atomic E-state index is -0.0262. The number of ether oxygens (including phenoxy) is 1. The lowest BCUT2D eigenvalue weighted by Gasteiger charge is -2.30. The molecule has 2 nitrogen and oxygen atoms in total. The zero-order valence-electron chi connectivity index (χ0n) is 15.2. The molecule has 0 saturated carbocycles. The molecule has 2 unspecified atom stereocenters. The summed E-state index contributed by atoms with van der Waals surface area (Å²) in [7, 11) is 0. The van der Waals surface area contributed by atoms with Crippen molar-refractivity contribution in [2.24, 2.45) is 22.7 Å². The fourth-order valence-corrected chi connectivity index (χ4v) is 3.79. The van der Waals surface area contributed by atoms with Crippen LogP contribution in [-0.2, 0) is 9.53 Å². The van der Waals surface area contributed by atoms with Crippen LogP contribution >= 0.6 is 0 Å². The molecule has 0 N–H and O–H groups in total. The van der Waals surface area contributed by atoms with Crippen molar-refractivity contribution in [3.8, 4) is 0 Å². The van der Waals surface area contributed by atoms with E-state index >= 15 is 0 Å². The normalized spacial score (nSPS) is 29.2. The second-order valence-electron chi connectivity index (χ2n) is 8.30. The number of hydrogen-bond acceptors (Lipinski definition) is 2. The molecule has 2 aliphatic carbocycles. The second kappa shape index (κ2) is 6.22. The van der Waals surface area contributed by atoms with Crippen LogP contribution in [0.5, 0.6) is 0 Å². The van der Waals surface area contributed by atoms with Crippen molar-refractivity contribution in [1.29, 1.82) is 0 Å². The van der Waals surface area contributed by atoms with Gasteiger partial charge in [-0.15, -0.1) is 0 Å². The van der Waals surface area contributed by atoms with Gasteiger partial charge in [-0.25, -0.2) is 0 Å². The Balaban J connectivity index is 1.74. The topological polar surface area (TPSA) is 26.3 Å². The van der Waals surface area contributed by atoms with E-state index in [0.717, 1.165) is 19.3 Å². The van der Waals surface area contributed by atoms with Crippen LogP contribution in [0.15, 0.2) is 23.3 Å². The molecule has 22 heavy (non-hydrogen) atoms. The van der Waals surface area contributed by atoms with Gasteiger partial charge in [0.25, 0.3) is 0 Å². The van der Waals surface area contributed by atoms with Crippen LogP contribution in [0.25, 0.3) is 0 Å². The van der Waals surface area contributed by atoms with Gasteiger partial charge >= 0.3 is 5.97 Å². The summed E-state index contributed by atoms with van der Waals surface area (Å²) in [5.41, 5.74) is 3.26. The van der Waals surface area contributed by atoms with Crippen molar-refractivity contribution in [1.82, 2.24) is 0 Å². The fraction of sp³-hybridized carbons (Fsp3) is 0.750. The lowest BCUT2D eigenvalue weighted by molar-refractivity contribution is -0.146. The molecular formula is C20H32O2. The van der Waals surface area contributed by atoms with Crippen molar-refractivity contribution in [2.45, 2.75) is 67.2 Å². The van der Waals surface area contributed by atoms with E-state index in [1.54, 1.807) is 0 Å². The summed E-state index contributed by atoms with van der Waals surface area (Å²) >= 11 is 0. The third kappa shape index (κ3) is 3.31. The first-order valence-electron chi connectivity index (χ1n) is 8.65. The zero-order chi connectivity index (χ0) is 16.5. The quantitative estimate of drug-likeness (QED) is 0.509. The molecule has 0 saturated heterocycles. The third-order valence-electron chi connectivity index (χ3n) is 6.63. The Morgan fingerprint density at radius 3 is 2.00 bits per heavy atom. The Bertz CT molecular complexity index is 494. The van der Waals surface area contributed by atoms with Gasteiger partial charge in [0.1, 0.15) is 0 Å². The Labute approximate surface area is 136 Å². The predicted octanol–water partition coefficient (Wildman–Crippen LogP) is 5.29. The number of hydrogen-bond donors (Lipinski definition) is 0. The van der Waals surface area contributed by atoms with Gasteiger partial charge in [0.15, 0.2) is 0 Å². The summed E-state index contributed by atoms with van der Waals surface area (Å²) in [4.78, 5) is 12.1. The van der Waals surface area contributed by atoms with E-state index < -0.39 is 0 Å². The van der Waals surface area contributed by atoms with E-state index in [0.29, 0.717) is 24.9 Å². The first kappa shape index (κ1) is 17.3. The highest BCUT2D eigenvalue weighted by Crippen LogP contribution is 2.45. The van der Waals surface area contributed by atoms with Gasteiger partial charge in [-0.1, -0.05) is 51.0 Å². The van der Waals surface area contributed by atoms with Crippen LogP contribution < -0.4 is 0 Å². The summed E-state index contributed by atoms with van der Waals surface area (Å²) in [5.74, 6) is 0.973. The van der Waals surface area contributed by atoms with Gasteiger partial charge in [0.2, 0.25) is 0 Å². The molecule has 0 bridgehead atoms. The number of carbonyl (C=O) groups excluding carboxylic acids is 1. The average Bonchev–Trinajstić information content (AvgIpc) is 2.82. The maximum atomic E-state index is 12.1. The number of rotatable bonds is 5. The Morgan fingerprint density at radius 2 is 1.55 bits per heavy atom. The predicted molar refractivity (Wildman–Crippen MR) is 91.5 cm³/mol. The molecule has 0 fully saturated rings. The SMILES string of the molecule is CC1=CCC(CCOC(=O)CC2CC=C(C)C2(C)C)C1(C)C. The smallest absolute Gasteiger partial charge is 0.306 e. The second-order valence-corrected chi connectivity index (χ2v) is 8.30. The molecule has 0 heterocycles. The molecule has 0 aromatic rings. The summed E-state index contributed by atoms with van der Waals surface area (Å²) in [6.45, 7) is 14.0. The summed E-state index contributed by atoms with van der Waals surface area (Å²) in [6.07, 6.45) is 8.25. The first-order chi connectivity index (χ1) is 10.2. The molecule has 0 radical (unpaired) electrons. The molecule has 124 valence electrons. The molecule has 2 rings (SSSR count). The van der Waals surface area contributed by atoms with Crippen LogP contribution in [0, 0.1) is 22.7 Å². The van der Waals surface area contributed by atoms with Crippen molar-refractivity contribution < 1.29 is 9.53 Å². The highest BCUT2D eigenvalue weighted by molar-refractivity contribution is 5.70. The van der Waals surface area contributed by atoms with Crippen molar-refractivity contribution >= 4 is 5.97 Å². The molecule has 0 aliphatic heterocycles. The van der Waals surface area contributed by atoms with Crippen molar-refractivity contribution in [2.75, 3.05) is 6.61 Å². The molecule has 0 aromatic carbocycles. The van der Waals surface area contributed by atoms with Crippen LogP contribution in [0.2, 0.25) is 0 Å². The molecule has 2 heteroatoms. The van der Waals surface area contributed by atoms with Crippen LogP contribution in [0.1, 0.15) is 67.2 Å². The van der Waals surface area contributed by atoms with Gasteiger partial charge < -0.3 is 4.74 Å². The van der Waals surface area contributed by atoms with E-state index in [2.05, 4.69) is 53.7 Å². The molecule has 2 atom stereocenters.